The molecule has 0 aromatic rings. The minimum absolute atomic E-state index is 0.145. The summed E-state index contributed by atoms with van der Waals surface area (Å²) in [5, 5.41) is 11.3. The van der Waals surface area contributed by atoms with Crippen molar-refractivity contribution in [1.29, 1.82) is 0 Å². The number of hydrogen-bond donors (Lipinski definition) is 3. The number of carboxylic acids is 1. The summed E-state index contributed by atoms with van der Waals surface area (Å²) in [6.07, 6.45) is 3.70. The predicted molar refractivity (Wildman–Crippen MR) is 77.0 cm³/mol. The summed E-state index contributed by atoms with van der Waals surface area (Å²) in [6, 6.07) is -1.14. The second-order valence-corrected chi connectivity index (χ2v) is 7.08. The summed E-state index contributed by atoms with van der Waals surface area (Å²) in [5.74, 6) is 0.119. The smallest absolute Gasteiger partial charge is 0.305 e. The van der Waals surface area contributed by atoms with Crippen LogP contribution in [0.2, 0.25) is 0 Å². The van der Waals surface area contributed by atoms with Crippen molar-refractivity contribution >= 4 is 23.6 Å². The molecule has 0 aliphatic carbocycles. The highest BCUT2D eigenvalue weighted by Gasteiger charge is 2.37. The number of amides is 1. The molecule has 1 heterocycles. The Morgan fingerprint density at radius 2 is 2.21 bits per heavy atom. The van der Waals surface area contributed by atoms with Crippen LogP contribution in [-0.2, 0) is 9.59 Å². The minimum atomic E-state index is -1.07. The first-order chi connectivity index (χ1) is 8.72. The molecule has 1 fully saturated rings. The number of carbonyl (C=O) groups excluding carboxylic acids is 1. The van der Waals surface area contributed by atoms with Gasteiger partial charge in [-0.1, -0.05) is 26.0 Å². The number of allylic oxidation sites excluding steroid dienone is 1. The van der Waals surface area contributed by atoms with Crippen molar-refractivity contribution in [3.8, 4) is 0 Å². The third kappa shape index (κ3) is 4.87. The van der Waals surface area contributed by atoms with Crippen LogP contribution in [0, 0.1) is 5.92 Å². The van der Waals surface area contributed by atoms with Crippen molar-refractivity contribution in [3.05, 3.63) is 12.2 Å². The van der Waals surface area contributed by atoms with Crippen LogP contribution < -0.4 is 11.1 Å². The zero-order valence-electron chi connectivity index (χ0n) is 11.6. The van der Waals surface area contributed by atoms with E-state index in [9.17, 15) is 9.59 Å². The van der Waals surface area contributed by atoms with Crippen molar-refractivity contribution in [3.63, 3.8) is 0 Å². The average Bonchev–Trinajstić information content (AvgIpc) is 2.26. The van der Waals surface area contributed by atoms with E-state index in [4.69, 9.17) is 10.8 Å². The Balaban J connectivity index is 2.38. The summed E-state index contributed by atoms with van der Waals surface area (Å²) in [5.41, 5.74) is 5.48. The van der Waals surface area contributed by atoms with Gasteiger partial charge in [0, 0.05) is 22.5 Å². The normalized spacial score (nSPS) is 24.5. The lowest BCUT2D eigenvalue weighted by Gasteiger charge is -2.42. The number of aliphatic carboxylic acids is 1. The van der Waals surface area contributed by atoms with Crippen LogP contribution in [0.15, 0.2) is 12.2 Å². The topological polar surface area (TPSA) is 92.4 Å². The monoisotopic (exact) mass is 286 g/mol. The van der Waals surface area contributed by atoms with E-state index in [1.807, 2.05) is 24.8 Å². The number of hydrogen-bond acceptors (Lipinski definition) is 4. The Morgan fingerprint density at radius 3 is 2.63 bits per heavy atom. The third-order valence-corrected chi connectivity index (χ3v) is 4.83. The van der Waals surface area contributed by atoms with E-state index < -0.39 is 17.9 Å². The van der Waals surface area contributed by atoms with Gasteiger partial charge in [0.15, 0.2) is 0 Å². The highest BCUT2D eigenvalue weighted by Crippen LogP contribution is 2.45. The molecule has 5 nitrogen and oxygen atoms in total. The standard InChI is InChI=1S/C13H22N2O3S/c1-8(4-5-9-7-19-13(9,2)3)15-12(18)10(14)6-11(16)17/h4-5,8-10H,6-7,14H2,1-3H3,(H,15,18)(H,16,17)/b5-4+/t8?,9?,10-/m0/s1. The number of carboxylic acid groups (broad SMARTS) is 1. The van der Waals surface area contributed by atoms with Crippen molar-refractivity contribution in [2.24, 2.45) is 11.7 Å². The fourth-order valence-electron chi connectivity index (χ4n) is 1.76. The first-order valence-corrected chi connectivity index (χ1v) is 7.31. The first kappa shape index (κ1) is 16.0. The summed E-state index contributed by atoms with van der Waals surface area (Å²) in [7, 11) is 0. The summed E-state index contributed by atoms with van der Waals surface area (Å²) >= 11 is 1.92. The van der Waals surface area contributed by atoms with Gasteiger partial charge in [-0.25, -0.2) is 0 Å². The van der Waals surface area contributed by atoms with Crippen LogP contribution in [0.25, 0.3) is 0 Å². The Hall–Kier alpha value is -1.01. The third-order valence-electron chi connectivity index (χ3n) is 3.26. The van der Waals surface area contributed by atoms with E-state index in [2.05, 4.69) is 25.2 Å². The van der Waals surface area contributed by atoms with Gasteiger partial charge in [0.05, 0.1) is 12.5 Å². The number of carbonyl (C=O) groups is 2. The maximum Gasteiger partial charge on any atom is 0.305 e. The van der Waals surface area contributed by atoms with Gasteiger partial charge in [-0.3, -0.25) is 9.59 Å². The molecule has 0 radical (unpaired) electrons. The number of thioether (sulfide) groups is 1. The summed E-state index contributed by atoms with van der Waals surface area (Å²) in [4.78, 5) is 22.1. The highest BCUT2D eigenvalue weighted by atomic mass is 32.2. The van der Waals surface area contributed by atoms with Crippen molar-refractivity contribution < 1.29 is 14.7 Å². The minimum Gasteiger partial charge on any atom is -0.481 e. The Labute approximate surface area is 118 Å². The molecule has 0 bridgehead atoms. The van der Waals surface area contributed by atoms with Gasteiger partial charge in [0.1, 0.15) is 0 Å². The van der Waals surface area contributed by atoms with Crippen LogP contribution >= 0.6 is 11.8 Å². The zero-order chi connectivity index (χ0) is 14.6. The van der Waals surface area contributed by atoms with Gasteiger partial charge in [-0.2, -0.15) is 11.8 Å². The molecule has 4 N–H and O–H groups in total. The van der Waals surface area contributed by atoms with E-state index in [-0.39, 0.29) is 17.2 Å². The fraction of sp³-hybridized carbons (Fsp3) is 0.692. The van der Waals surface area contributed by atoms with Crippen molar-refractivity contribution in [1.82, 2.24) is 5.32 Å². The second-order valence-electron chi connectivity index (χ2n) is 5.41. The molecule has 0 aromatic heterocycles. The molecular weight excluding hydrogens is 264 g/mol. The predicted octanol–water partition coefficient (Wildman–Crippen LogP) is 0.991. The quantitative estimate of drug-likeness (QED) is 0.633. The molecule has 0 spiro atoms. The van der Waals surface area contributed by atoms with Crippen molar-refractivity contribution in [2.75, 3.05) is 5.75 Å². The van der Waals surface area contributed by atoms with Crippen LogP contribution in [0.1, 0.15) is 27.2 Å². The molecule has 1 rings (SSSR count). The van der Waals surface area contributed by atoms with Gasteiger partial charge < -0.3 is 16.2 Å². The van der Waals surface area contributed by atoms with Gasteiger partial charge >= 0.3 is 5.97 Å². The lowest BCUT2D eigenvalue weighted by Crippen LogP contribution is -2.45. The molecule has 3 atom stereocenters. The van der Waals surface area contributed by atoms with Crippen LogP contribution in [0.3, 0.4) is 0 Å². The Morgan fingerprint density at radius 1 is 1.58 bits per heavy atom. The molecule has 108 valence electrons. The molecule has 1 saturated heterocycles. The fourth-order valence-corrected chi connectivity index (χ4v) is 2.98. The molecule has 0 saturated carbocycles. The SMILES string of the molecule is CC(/C=C/C1CSC1(C)C)NC(=O)[C@@H](N)CC(=O)O. The van der Waals surface area contributed by atoms with Crippen LogP contribution in [-0.4, -0.2) is 39.6 Å². The zero-order valence-corrected chi connectivity index (χ0v) is 12.4. The van der Waals surface area contributed by atoms with Gasteiger partial charge in [0.25, 0.3) is 0 Å². The number of nitrogens with one attached hydrogen (secondary N) is 1. The van der Waals surface area contributed by atoms with Gasteiger partial charge in [-0.15, -0.1) is 0 Å². The lowest BCUT2D eigenvalue weighted by atomic mass is 9.94. The maximum absolute atomic E-state index is 11.6. The molecule has 6 heteroatoms. The van der Waals surface area contributed by atoms with Crippen molar-refractivity contribution in [2.45, 2.75) is 44.0 Å². The van der Waals surface area contributed by atoms with E-state index >= 15 is 0 Å². The molecule has 2 unspecified atom stereocenters. The molecular formula is C13H22N2O3S. The first-order valence-electron chi connectivity index (χ1n) is 6.32. The van der Waals surface area contributed by atoms with E-state index in [1.165, 1.54) is 0 Å². The molecule has 1 aliphatic rings. The Bertz CT molecular complexity index is 382. The van der Waals surface area contributed by atoms with E-state index in [0.29, 0.717) is 5.92 Å². The maximum atomic E-state index is 11.6. The summed E-state index contributed by atoms with van der Waals surface area (Å²) < 4.78 is 0.264. The number of rotatable bonds is 6. The molecule has 1 amide bonds. The van der Waals surface area contributed by atoms with Gasteiger partial charge in [-0.05, 0) is 6.92 Å². The largest absolute Gasteiger partial charge is 0.481 e. The summed E-state index contributed by atoms with van der Waals surface area (Å²) in [6.45, 7) is 6.24. The number of nitrogens with two attached hydrogens (primary N) is 1. The van der Waals surface area contributed by atoms with E-state index in [0.717, 1.165) is 5.75 Å². The Kier molecular flexibility index (Phi) is 5.43. The molecule has 1 aliphatic heterocycles. The molecule has 19 heavy (non-hydrogen) atoms. The van der Waals surface area contributed by atoms with Crippen LogP contribution in [0.4, 0.5) is 0 Å². The van der Waals surface area contributed by atoms with Gasteiger partial charge in [0.2, 0.25) is 5.91 Å². The lowest BCUT2D eigenvalue weighted by molar-refractivity contribution is -0.139. The van der Waals surface area contributed by atoms with E-state index in [1.54, 1.807) is 0 Å². The molecule has 0 aromatic carbocycles. The highest BCUT2D eigenvalue weighted by molar-refractivity contribution is 8.02. The second kappa shape index (κ2) is 6.43. The van der Waals surface area contributed by atoms with Crippen LogP contribution in [0.5, 0.6) is 0 Å². The average molecular weight is 286 g/mol.